The predicted molar refractivity (Wildman–Crippen MR) is 72.0 cm³/mol. The fourth-order valence-corrected chi connectivity index (χ4v) is 2.91. The number of hydrogen-bond donors (Lipinski definition) is 1. The van der Waals surface area contributed by atoms with Gasteiger partial charge in [0.25, 0.3) is 0 Å². The van der Waals surface area contributed by atoms with Crippen LogP contribution in [0.2, 0.25) is 0 Å². The second kappa shape index (κ2) is 5.54. The molecule has 20 heavy (non-hydrogen) atoms. The number of aryl methyl sites for hydroxylation is 1. The monoisotopic (exact) mass is 279 g/mol. The van der Waals surface area contributed by atoms with Crippen LogP contribution in [0.4, 0.5) is 0 Å². The third-order valence-electron chi connectivity index (χ3n) is 4.06. The molecule has 0 unspecified atom stereocenters. The van der Waals surface area contributed by atoms with E-state index in [9.17, 15) is 4.79 Å². The summed E-state index contributed by atoms with van der Waals surface area (Å²) in [6.45, 7) is 2.65. The number of ether oxygens (including phenoxy) is 2. The average molecular weight is 279 g/mol. The average Bonchev–Trinajstić information content (AvgIpc) is 3.10. The van der Waals surface area contributed by atoms with Gasteiger partial charge in [-0.3, -0.25) is 4.79 Å². The molecular weight excluding hydrogens is 258 g/mol. The smallest absolute Gasteiger partial charge is 0.249 e. The Morgan fingerprint density at radius 3 is 2.95 bits per heavy atom. The third kappa shape index (κ3) is 2.58. The van der Waals surface area contributed by atoms with E-state index in [0.29, 0.717) is 6.61 Å². The first-order chi connectivity index (χ1) is 9.65. The lowest BCUT2D eigenvalue weighted by Gasteiger charge is -2.21. The fraction of sp³-hybridized carbons (Fsp3) is 0.714. The van der Waals surface area contributed by atoms with Crippen molar-refractivity contribution in [1.82, 2.24) is 14.9 Å². The van der Waals surface area contributed by atoms with E-state index < -0.39 is 0 Å². The highest BCUT2D eigenvalue weighted by Gasteiger charge is 2.36. The third-order valence-corrected chi connectivity index (χ3v) is 4.06. The van der Waals surface area contributed by atoms with Gasteiger partial charge in [0.05, 0.1) is 12.1 Å². The van der Waals surface area contributed by atoms with E-state index in [1.807, 2.05) is 24.7 Å². The highest BCUT2D eigenvalue weighted by atomic mass is 16.5. The fourth-order valence-electron chi connectivity index (χ4n) is 2.91. The van der Waals surface area contributed by atoms with Gasteiger partial charge in [0.1, 0.15) is 18.0 Å². The Bertz CT molecular complexity index is 488. The van der Waals surface area contributed by atoms with Crippen molar-refractivity contribution in [2.24, 2.45) is 7.05 Å². The van der Waals surface area contributed by atoms with Crippen LogP contribution in [0.5, 0.6) is 0 Å². The first-order valence-electron chi connectivity index (χ1n) is 7.20. The molecule has 0 spiro atoms. The zero-order valence-corrected chi connectivity index (χ0v) is 11.9. The summed E-state index contributed by atoms with van der Waals surface area (Å²) >= 11 is 0. The summed E-state index contributed by atoms with van der Waals surface area (Å²) in [7, 11) is 1.94. The van der Waals surface area contributed by atoms with Gasteiger partial charge in [-0.2, -0.15) is 0 Å². The van der Waals surface area contributed by atoms with Crippen LogP contribution in [0, 0.1) is 0 Å². The largest absolute Gasteiger partial charge is 0.368 e. The Labute approximate surface area is 118 Å². The van der Waals surface area contributed by atoms with Crippen LogP contribution >= 0.6 is 0 Å². The molecule has 3 rings (SSSR count). The molecule has 0 bridgehead atoms. The summed E-state index contributed by atoms with van der Waals surface area (Å²) in [6, 6.07) is -0.0249. The van der Waals surface area contributed by atoms with Crippen LogP contribution in [-0.2, 0) is 21.3 Å². The maximum Gasteiger partial charge on any atom is 0.249 e. The van der Waals surface area contributed by atoms with E-state index in [1.54, 1.807) is 6.20 Å². The molecule has 0 aliphatic carbocycles. The number of aromatic nitrogens is 2. The molecule has 3 heterocycles. The summed E-state index contributed by atoms with van der Waals surface area (Å²) in [5, 5.41) is 3.06. The first kappa shape index (κ1) is 13.6. The number of imidazole rings is 1. The van der Waals surface area contributed by atoms with Gasteiger partial charge in [0.15, 0.2) is 0 Å². The molecule has 0 aromatic carbocycles. The summed E-state index contributed by atoms with van der Waals surface area (Å²) in [4.78, 5) is 16.5. The second-order valence-electron chi connectivity index (χ2n) is 5.60. The molecular formula is C14H21N3O3. The van der Waals surface area contributed by atoms with Crippen LogP contribution in [0.15, 0.2) is 12.4 Å². The van der Waals surface area contributed by atoms with E-state index >= 15 is 0 Å². The van der Waals surface area contributed by atoms with Crippen molar-refractivity contribution in [3.8, 4) is 0 Å². The van der Waals surface area contributed by atoms with Crippen molar-refractivity contribution in [2.75, 3.05) is 6.61 Å². The van der Waals surface area contributed by atoms with Gasteiger partial charge in [0.2, 0.25) is 5.91 Å². The molecule has 4 atom stereocenters. The predicted octanol–water partition coefficient (Wildman–Crippen LogP) is 0.934. The van der Waals surface area contributed by atoms with E-state index in [1.165, 1.54) is 0 Å². The molecule has 0 radical (unpaired) electrons. The van der Waals surface area contributed by atoms with Crippen molar-refractivity contribution < 1.29 is 14.3 Å². The van der Waals surface area contributed by atoms with Crippen molar-refractivity contribution in [1.29, 1.82) is 0 Å². The quantitative estimate of drug-likeness (QED) is 0.894. The molecule has 1 N–H and O–H groups in total. The Morgan fingerprint density at radius 2 is 2.30 bits per heavy atom. The zero-order chi connectivity index (χ0) is 14.1. The molecule has 2 aliphatic heterocycles. The van der Waals surface area contributed by atoms with Gasteiger partial charge in [0, 0.05) is 26.0 Å². The number of nitrogens with zero attached hydrogens (tertiary/aromatic N) is 2. The van der Waals surface area contributed by atoms with Crippen LogP contribution in [-0.4, -0.2) is 40.3 Å². The SMILES string of the molecule is C[C@@H]1CC[C@H](C(=O)N[C@H]2CCO[C@@H]2c2nccn2C)O1. The van der Waals surface area contributed by atoms with Gasteiger partial charge in [-0.15, -0.1) is 0 Å². The maximum absolute atomic E-state index is 12.2. The molecule has 1 amide bonds. The first-order valence-corrected chi connectivity index (χ1v) is 7.20. The lowest BCUT2D eigenvalue weighted by atomic mass is 10.1. The van der Waals surface area contributed by atoms with Crippen LogP contribution in [0.1, 0.15) is 38.1 Å². The normalized spacial score (nSPS) is 33.5. The van der Waals surface area contributed by atoms with Gasteiger partial charge in [-0.1, -0.05) is 0 Å². The van der Waals surface area contributed by atoms with E-state index in [0.717, 1.165) is 25.1 Å². The molecule has 1 aromatic rings. The molecule has 2 fully saturated rings. The number of carbonyl (C=O) groups is 1. The van der Waals surface area contributed by atoms with Gasteiger partial charge in [-0.25, -0.2) is 4.98 Å². The molecule has 1 aromatic heterocycles. The van der Waals surface area contributed by atoms with Crippen LogP contribution in [0.3, 0.4) is 0 Å². The molecule has 6 heteroatoms. The topological polar surface area (TPSA) is 65.4 Å². The van der Waals surface area contributed by atoms with E-state index in [-0.39, 0.29) is 30.3 Å². The molecule has 2 aliphatic rings. The van der Waals surface area contributed by atoms with Crippen molar-refractivity contribution >= 4 is 5.91 Å². The minimum atomic E-state index is -0.312. The second-order valence-corrected chi connectivity index (χ2v) is 5.60. The number of nitrogens with one attached hydrogen (secondary N) is 1. The number of hydrogen-bond acceptors (Lipinski definition) is 4. The summed E-state index contributed by atoms with van der Waals surface area (Å²) in [5.74, 6) is 0.831. The van der Waals surface area contributed by atoms with Crippen molar-refractivity contribution in [2.45, 2.75) is 50.5 Å². The lowest BCUT2D eigenvalue weighted by molar-refractivity contribution is -0.132. The van der Waals surface area contributed by atoms with Crippen molar-refractivity contribution in [3.63, 3.8) is 0 Å². The molecule has 6 nitrogen and oxygen atoms in total. The van der Waals surface area contributed by atoms with Crippen LogP contribution < -0.4 is 5.32 Å². The highest BCUT2D eigenvalue weighted by Crippen LogP contribution is 2.28. The van der Waals surface area contributed by atoms with E-state index in [4.69, 9.17) is 9.47 Å². The standard InChI is InChI=1S/C14H21N3O3/c1-9-3-4-11(20-9)14(18)16-10-5-8-19-12(10)13-15-6-7-17(13)2/h6-7,9-12H,3-5,8H2,1-2H3,(H,16,18)/t9-,10+,11-,12+/m1/s1. The van der Waals surface area contributed by atoms with Crippen molar-refractivity contribution in [3.05, 3.63) is 18.2 Å². The minimum absolute atomic E-state index is 0.0240. The minimum Gasteiger partial charge on any atom is -0.368 e. The summed E-state index contributed by atoms with van der Waals surface area (Å²) in [6.07, 6.45) is 5.89. The Kier molecular flexibility index (Phi) is 3.76. The Morgan fingerprint density at radius 1 is 1.45 bits per heavy atom. The summed E-state index contributed by atoms with van der Waals surface area (Å²) < 4.78 is 13.3. The number of amides is 1. The number of carbonyl (C=O) groups excluding carboxylic acids is 1. The van der Waals surface area contributed by atoms with Gasteiger partial charge >= 0.3 is 0 Å². The van der Waals surface area contributed by atoms with E-state index in [2.05, 4.69) is 10.3 Å². The highest BCUT2D eigenvalue weighted by molar-refractivity contribution is 5.81. The zero-order valence-electron chi connectivity index (χ0n) is 11.9. The van der Waals surface area contributed by atoms with Gasteiger partial charge in [-0.05, 0) is 26.2 Å². The Balaban J connectivity index is 1.64. The molecule has 0 saturated carbocycles. The maximum atomic E-state index is 12.2. The Hall–Kier alpha value is -1.40. The van der Waals surface area contributed by atoms with Crippen LogP contribution in [0.25, 0.3) is 0 Å². The number of rotatable bonds is 3. The van der Waals surface area contributed by atoms with Gasteiger partial charge < -0.3 is 19.4 Å². The molecule has 2 saturated heterocycles. The lowest BCUT2D eigenvalue weighted by Crippen LogP contribution is -2.43. The molecule has 110 valence electrons. The summed E-state index contributed by atoms with van der Waals surface area (Å²) in [5.41, 5.74) is 0.